The van der Waals surface area contributed by atoms with Crippen LogP contribution < -0.4 is 10.1 Å². The fraction of sp³-hybridized carbons (Fsp3) is 0.389. The maximum atomic E-state index is 5.47. The van der Waals surface area contributed by atoms with E-state index >= 15 is 0 Å². The summed E-state index contributed by atoms with van der Waals surface area (Å²) in [6, 6.07) is 10.8. The first-order chi connectivity index (χ1) is 10.3. The van der Waals surface area contributed by atoms with Crippen LogP contribution in [-0.4, -0.2) is 18.6 Å². The third-order valence-electron chi connectivity index (χ3n) is 4.23. The van der Waals surface area contributed by atoms with Gasteiger partial charge in [0.1, 0.15) is 5.75 Å². The van der Waals surface area contributed by atoms with Gasteiger partial charge in [-0.2, -0.15) is 0 Å². The van der Waals surface area contributed by atoms with Crippen LogP contribution in [0.25, 0.3) is 0 Å². The molecule has 0 bridgehead atoms. The van der Waals surface area contributed by atoms with Gasteiger partial charge in [0.25, 0.3) is 0 Å². The van der Waals surface area contributed by atoms with Gasteiger partial charge in [0.15, 0.2) is 0 Å². The van der Waals surface area contributed by atoms with Crippen LogP contribution in [0, 0.1) is 0 Å². The number of benzene rings is 1. The Balaban J connectivity index is 1.93. The van der Waals surface area contributed by atoms with Gasteiger partial charge in [-0.05, 0) is 42.6 Å². The van der Waals surface area contributed by atoms with Crippen LogP contribution in [0.15, 0.2) is 36.5 Å². The van der Waals surface area contributed by atoms with Crippen molar-refractivity contribution < 1.29 is 4.74 Å². The van der Waals surface area contributed by atoms with E-state index in [-0.39, 0.29) is 0 Å². The Morgan fingerprint density at radius 1 is 1.33 bits per heavy atom. The Kier molecular flexibility index (Phi) is 4.20. The van der Waals surface area contributed by atoms with Gasteiger partial charge in [-0.25, -0.2) is 0 Å². The van der Waals surface area contributed by atoms with Crippen LogP contribution in [0.5, 0.6) is 5.75 Å². The summed E-state index contributed by atoms with van der Waals surface area (Å²) in [5.74, 6) is 1.38. The number of pyridine rings is 1. The average Bonchev–Trinajstić information content (AvgIpc) is 2.96. The first-order valence-corrected chi connectivity index (χ1v) is 7.64. The quantitative estimate of drug-likeness (QED) is 0.914. The number of fused-ring (bicyclic) bond motifs is 1. The van der Waals surface area contributed by atoms with Crippen molar-refractivity contribution in [3.05, 3.63) is 58.9 Å². The van der Waals surface area contributed by atoms with E-state index in [0.717, 1.165) is 31.7 Å². The Morgan fingerprint density at radius 2 is 2.24 bits per heavy atom. The van der Waals surface area contributed by atoms with Crippen molar-refractivity contribution in [1.82, 2.24) is 10.3 Å². The lowest BCUT2D eigenvalue weighted by Gasteiger charge is -2.15. The van der Waals surface area contributed by atoms with Crippen LogP contribution in [0.3, 0.4) is 0 Å². The molecule has 1 unspecified atom stereocenters. The van der Waals surface area contributed by atoms with Crippen molar-refractivity contribution >= 4 is 0 Å². The van der Waals surface area contributed by atoms with Crippen molar-refractivity contribution in [3.8, 4) is 5.75 Å². The normalized spacial score (nSPS) is 16.8. The van der Waals surface area contributed by atoms with Gasteiger partial charge in [0, 0.05) is 24.2 Å². The van der Waals surface area contributed by atoms with Crippen molar-refractivity contribution in [1.29, 1.82) is 0 Å². The van der Waals surface area contributed by atoms with E-state index < -0.39 is 0 Å². The molecule has 110 valence electrons. The summed E-state index contributed by atoms with van der Waals surface area (Å²) < 4.78 is 5.47. The Hall–Kier alpha value is -1.87. The zero-order valence-electron chi connectivity index (χ0n) is 12.7. The molecular weight excluding hydrogens is 260 g/mol. The monoisotopic (exact) mass is 282 g/mol. The van der Waals surface area contributed by atoms with Crippen LogP contribution >= 0.6 is 0 Å². The number of hydrogen-bond donors (Lipinski definition) is 1. The van der Waals surface area contributed by atoms with E-state index in [1.54, 1.807) is 7.11 Å². The first-order valence-electron chi connectivity index (χ1n) is 7.64. The minimum absolute atomic E-state index is 0.424. The number of ether oxygens (including phenoxy) is 1. The van der Waals surface area contributed by atoms with E-state index in [9.17, 15) is 0 Å². The molecule has 1 aromatic heterocycles. The predicted octanol–water partition coefficient (Wildman–Crippen LogP) is 3.28. The molecule has 3 rings (SSSR count). The van der Waals surface area contributed by atoms with E-state index in [1.807, 2.05) is 12.3 Å². The molecule has 0 spiro atoms. The topological polar surface area (TPSA) is 34.2 Å². The van der Waals surface area contributed by atoms with Gasteiger partial charge in [-0.15, -0.1) is 0 Å². The smallest absolute Gasteiger partial charge is 0.123 e. The lowest BCUT2D eigenvalue weighted by atomic mass is 9.94. The largest absolute Gasteiger partial charge is 0.496 e. The summed E-state index contributed by atoms with van der Waals surface area (Å²) in [5.41, 5.74) is 5.21. The third-order valence-corrected chi connectivity index (χ3v) is 4.23. The Labute approximate surface area is 126 Å². The molecule has 21 heavy (non-hydrogen) atoms. The standard InChI is InChI=1S/C18H22N2O/c1-3-19-12-15-11-14(7-9-17(15)21-2)16-8-6-13-5-4-10-20-18(13)16/h4-5,7,9-11,16,19H,3,6,8,12H2,1-2H3. The van der Waals surface area contributed by atoms with Crippen molar-refractivity contribution in [2.45, 2.75) is 32.2 Å². The summed E-state index contributed by atoms with van der Waals surface area (Å²) in [6.45, 7) is 3.92. The SMILES string of the molecule is CCNCc1cc(C2CCc3cccnc32)ccc1OC. The molecule has 0 radical (unpaired) electrons. The molecule has 1 aliphatic carbocycles. The highest BCUT2D eigenvalue weighted by atomic mass is 16.5. The molecule has 2 aromatic rings. The lowest BCUT2D eigenvalue weighted by molar-refractivity contribution is 0.407. The van der Waals surface area contributed by atoms with Gasteiger partial charge in [0.05, 0.1) is 12.8 Å². The molecule has 0 saturated heterocycles. The zero-order valence-corrected chi connectivity index (χ0v) is 12.7. The fourth-order valence-electron chi connectivity index (χ4n) is 3.15. The molecule has 0 aliphatic heterocycles. The number of aromatic nitrogens is 1. The number of methoxy groups -OCH3 is 1. The molecule has 0 fully saturated rings. The lowest BCUT2D eigenvalue weighted by Crippen LogP contribution is -2.13. The number of nitrogens with zero attached hydrogens (tertiary/aromatic N) is 1. The maximum absolute atomic E-state index is 5.47. The van der Waals surface area contributed by atoms with Crippen molar-refractivity contribution in [3.63, 3.8) is 0 Å². The van der Waals surface area contributed by atoms with Crippen molar-refractivity contribution in [2.24, 2.45) is 0 Å². The third kappa shape index (κ3) is 2.79. The van der Waals surface area contributed by atoms with Crippen LogP contribution in [0.1, 0.15) is 41.6 Å². The summed E-state index contributed by atoms with van der Waals surface area (Å²) in [5, 5.41) is 3.38. The second-order valence-corrected chi connectivity index (χ2v) is 5.49. The molecule has 1 heterocycles. The summed E-state index contributed by atoms with van der Waals surface area (Å²) in [4.78, 5) is 4.60. The molecule has 1 aromatic carbocycles. The Bertz CT molecular complexity index is 624. The van der Waals surface area contributed by atoms with Crippen molar-refractivity contribution in [2.75, 3.05) is 13.7 Å². The number of rotatable bonds is 5. The molecule has 1 atom stereocenters. The highest BCUT2D eigenvalue weighted by Crippen LogP contribution is 2.37. The molecule has 0 saturated carbocycles. The van der Waals surface area contributed by atoms with E-state index in [0.29, 0.717) is 5.92 Å². The molecule has 3 heteroatoms. The second-order valence-electron chi connectivity index (χ2n) is 5.49. The molecular formula is C18H22N2O. The fourth-order valence-corrected chi connectivity index (χ4v) is 3.15. The second kappa shape index (κ2) is 6.27. The van der Waals surface area contributed by atoms with Gasteiger partial charge in [-0.1, -0.05) is 25.1 Å². The molecule has 0 amide bonds. The summed E-state index contributed by atoms with van der Waals surface area (Å²) >= 11 is 0. The maximum Gasteiger partial charge on any atom is 0.123 e. The van der Waals surface area contributed by atoms with Gasteiger partial charge in [-0.3, -0.25) is 4.98 Å². The zero-order chi connectivity index (χ0) is 14.7. The number of hydrogen-bond acceptors (Lipinski definition) is 3. The first kappa shape index (κ1) is 14.1. The van der Waals surface area contributed by atoms with Crippen LogP contribution in [0.2, 0.25) is 0 Å². The highest BCUT2D eigenvalue weighted by molar-refractivity contribution is 5.43. The predicted molar refractivity (Wildman–Crippen MR) is 84.8 cm³/mol. The minimum Gasteiger partial charge on any atom is -0.496 e. The van der Waals surface area contributed by atoms with E-state index in [1.165, 1.54) is 22.4 Å². The number of nitrogens with one attached hydrogen (secondary N) is 1. The highest BCUT2D eigenvalue weighted by Gasteiger charge is 2.25. The minimum atomic E-state index is 0.424. The number of aryl methyl sites for hydroxylation is 1. The van der Waals surface area contributed by atoms with Gasteiger partial charge >= 0.3 is 0 Å². The van der Waals surface area contributed by atoms with E-state index in [4.69, 9.17) is 4.74 Å². The Morgan fingerprint density at radius 3 is 3.05 bits per heavy atom. The van der Waals surface area contributed by atoms with Gasteiger partial charge in [0.2, 0.25) is 0 Å². The average molecular weight is 282 g/mol. The van der Waals surface area contributed by atoms with Crippen LogP contribution in [0.4, 0.5) is 0 Å². The summed E-state index contributed by atoms with van der Waals surface area (Å²) in [7, 11) is 1.73. The molecule has 1 aliphatic rings. The molecule has 3 nitrogen and oxygen atoms in total. The van der Waals surface area contributed by atoms with Crippen LogP contribution in [-0.2, 0) is 13.0 Å². The summed E-state index contributed by atoms with van der Waals surface area (Å²) in [6.07, 6.45) is 4.18. The van der Waals surface area contributed by atoms with Gasteiger partial charge < -0.3 is 10.1 Å². The van der Waals surface area contributed by atoms with E-state index in [2.05, 4.69) is 41.5 Å². The molecule has 1 N–H and O–H groups in total.